The molecule has 0 radical (unpaired) electrons. The summed E-state index contributed by atoms with van der Waals surface area (Å²) in [5, 5.41) is 23.3. The minimum atomic E-state index is -1.03. The molecule has 174 valence electrons. The maximum Gasteiger partial charge on any atom is 0.335 e. The van der Waals surface area contributed by atoms with Gasteiger partial charge in [-0.15, -0.1) is 0 Å². The van der Waals surface area contributed by atoms with Gasteiger partial charge < -0.3 is 20.1 Å². The number of unbranched alkanes of at least 4 members (excludes halogenated alkanes) is 3. The Bertz CT molecular complexity index is 1230. The van der Waals surface area contributed by atoms with Crippen molar-refractivity contribution in [3.63, 3.8) is 0 Å². The molecule has 1 aromatic heterocycles. The van der Waals surface area contributed by atoms with Gasteiger partial charge in [-0.3, -0.25) is 9.59 Å². The number of rotatable bonds is 10. The molecule has 2 aromatic carbocycles. The van der Waals surface area contributed by atoms with Crippen molar-refractivity contribution >= 4 is 28.5 Å². The van der Waals surface area contributed by atoms with E-state index in [1.807, 2.05) is 6.92 Å². The van der Waals surface area contributed by atoms with E-state index in [9.17, 15) is 24.6 Å². The fourth-order valence-corrected chi connectivity index (χ4v) is 4.06. The molecule has 0 aliphatic heterocycles. The number of amides is 1. The number of fused-ring (bicyclic) bond motifs is 1. The Hall–Kier alpha value is -3.61. The summed E-state index contributed by atoms with van der Waals surface area (Å²) in [6, 6.07) is 11.5. The highest BCUT2D eigenvalue weighted by atomic mass is 16.4. The molecule has 0 bridgehead atoms. The average Bonchev–Trinajstić information content (AvgIpc) is 2.79. The lowest BCUT2D eigenvalue weighted by molar-refractivity contribution is 0.0695. The summed E-state index contributed by atoms with van der Waals surface area (Å²) >= 11 is 0. The van der Waals surface area contributed by atoms with Crippen LogP contribution in [0.5, 0.6) is 5.75 Å². The smallest absolute Gasteiger partial charge is 0.335 e. The number of hydrogen-bond donors (Lipinski definition) is 3. The van der Waals surface area contributed by atoms with Gasteiger partial charge in [0.15, 0.2) is 0 Å². The molecule has 0 unspecified atom stereocenters. The monoisotopic (exact) mass is 450 g/mol. The maximum atomic E-state index is 13.3. The molecular weight excluding hydrogens is 420 g/mol. The molecule has 3 N–H and O–H groups in total. The number of nitrogens with one attached hydrogen (secondary N) is 1. The highest BCUT2D eigenvalue weighted by Crippen LogP contribution is 2.27. The molecule has 33 heavy (non-hydrogen) atoms. The number of aryl methyl sites for hydroxylation is 2. The number of pyridine rings is 1. The summed E-state index contributed by atoms with van der Waals surface area (Å²) in [6.07, 6.45) is 5.17. The van der Waals surface area contributed by atoms with Gasteiger partial charge in [-0.25, -0.2) is 4.79 Å². The van der Waals surface area contributed by atoms with Crippen LogP contribution < -0.4 is 10.9 Å². The van der Waals surface area contributed by atoms with Crippen molar-refractivity contribution in [2.75, 3.05) is 5.32 Å². The first-order chi connectivity index (χ1) is 15.9. The topological polar surface area (TPSA) is 109 Å². The van der Waals surface area contributed by atoms with Crippen LogP contribution in [0, 0.1) is 0 Å². The number of carbonyl (C=O) groups is 2. The number of anilines is 1. The number of para-hydroxylation sites is 1. The van der Waals surface area contributed by atoms with Crippen molar-refractivity contribution in [1.82, 2.24) is 4.57 Å². The zero-order valence-electron chi connectivity index (χ0n) is 19.1. The lowest BCUT2D eigenvalue weighted by atomic mass is 10.0. The van der Waals surface area contributed by atoms with E-state index in [0.717, 1.165) is 32.1 Å². The number of aromatic hydroxyl groups is 1. The van der Waals surface area contributed by atoms with Crippen LogP contribution >= 0.6 is 0 Å². The number of nitrogens with zero attached hydrogens (tertiary/aromatic N) is 1. The lowest BCUT2D eigenvalue weighted by Crippen LogP contribution is -2.30. The van der Waals surface area contributed by atoms with E-state index in [1.165, 1.54) is 12.1 Å². The first-order valence-corrected chi connectivity index (χ1v) is 11.4. The highest BCUT2D eigenvalue weighted by molar-refractivity contribution is 6.09. The van der Waals surface area contributed by atoms with Crippen LogP contribution in [0.4, 0.5) is 5.69 Å². The Morgan fingerprint density at radius 1 is 1.00 bits per heavy atom. The van der Waals surface area contributed by atoms with Gasteiger partial charge in [0.05, 0.1) is 11.1 Å². The number of aromatic carboxylic acids is 1. The quantitative estimate of drug-likeness (QED) is 0.368. The first kappa shape index (κ1) is 24.0. The summed E-state index contributed by atoms with van der Waals surface area (Å²) in [7, 11) is 0. The second kappa shape index (κ2) is 10.8. The van der Waals surface area contributed by atoms with E-state index in [-0.39, 0.29) is 16.9 Å². The Morgan fingerprint density at radius 2 is 1.76 bits per heavy atom. The van der Waals surface area contributed by atoms with E-state index in [1.54, 1.807) is 34.9 Å². The first-order valence-electron chi connectivity index (χ1n) is 11.4. The van der Waals surface area contributed by atoms with Crippen LogP contribution in [0.1, 0.15) is 72.2 Å². The SMILES string of the molecule is CCCCCCn1c(=O)c(C(=O)Nc2ccc(C(=O)O)c(CCC)c2)c(O)c2ccccc21. The second-order valence-corrected chi connectivity index (χ2v) is 8.14. The third-order valence-electron chi connectivity index (χ3n) is 5.72. The predicted octanol–water partition coefficient (Wildman–Crippen LogP) is 5.19. The lowest BCUT2D eigenvalue weighted by Gasteiger charge is -2.15. The van der Waals surface area contributed by atoms with Crippen molar-refractivity contribution < 1.29 is 19.8 Å². The van der Waals surface area contributed by atoms with Gasteiger partial charge >= 0.3 is 5.97 Å². The number of benzene rings is 2. The fraction of sp³-hybridized carbons (Fsp3) is 0.346. The Kier molecular flexibility index (Phi) is 7.87. The predicted molar refractivity (Wildman–Crippen MR) is 129 cm³/mol. The second-order valence-electron chi connectivity index (χ2n) is 8.14. The molecule has 0 spiro atoms. The normalized spacial score (nSPS) is 11.0. The van der Waals surface area contributed by atoms with Gasteiger partial charge in [-0.1, -0.05) is 51.7 Å². The van der Waals surface area contributed by atoms with E-state index in [4.69, 9.17) is 0 Å². The summed E-state index contributed by atoms with van der Waals surface area (Å²) < 4.78 is 1.55. The standard InChI is InChI=1S/C26H30N2O5/c1-3-5-6-9-15-28-21-12-8-7-11-20(21)23(29)22(25(28)31)24(30)27-18-13-14-19(26(32)33)17(16-18)10-4-2/h7-8,11-14,16,29H,3-6,9-10,15H2,1-2H3,(H,27,30)(H,32,33). The van der Waals surface area contributed by atoms with E-state index in [0.29, 0.717) is 35.1 Å². The molecule has 0 atom stereocenters. The van der Waals surface area contributed by atoms with Crippen molar-refractivity contribution in [2.24, 2.45) is 0 Å². The molecule has 3 rings (SSSR count). The minimum Gasteiger partial charge on any atom is -0.506 e. The van der Waals surface area contributed by atoms with Gasteiger partial charge in [-0.2, -0.15) is 0 Å². The number of carboxylic acids is 1. The van der Waals surface area contributed by atoms with Gasteiger partial charge in [0, 0.05) is 17.6 Å². The summed E-state index contributed by atoms with van der Waals surface area (Å²) in [6.45, 7) is 4.50. The molecule has 0 saturated heterocycles. The number of carboxylic acid groups (broad SMARTS) is 1. The van der Waals surface area contributed by atoms with Crippen LogP contribution in [-0.4, -0.2) is 26.7 Å². The molecule has 0 aliphatic carbocycles. The van der Waals surface area contributed by atoms with Gasteiger partial charge in [-0.05, 0) is 48.7 Å². The fourth-order valence-electron chi connectivity index (χ4n) is 4.06. The summed E-state index contributed by atoms with van der Waals surface area (Å²) in [4.78, 5) is 37.9. The number of hydrogen-bond acceptors (Lipinski definition) is 4. The van der Waals surface area contributed by atoms with Gasteiger partial charge in [0.1, 0.15) is 11.3 Å². The van der Waals surface area contributed by atoms with Crippen molar-refractivity contribution in [2.45, 2.75) is 58.9 Å². The third-order valence-corrected chi connectivity index (χ3v) is 5.72. The van der Waals surface area contributed by atoms with Crippen molar-refractivity contribution in [3.8, 4) is 5.75 Å². The Balaban J connectivity index is 2.01. The van der Waals surface area contributed by atoms with E-state index >= 15 is 0 Å². The maximum absolute atomic E-state index is 13.3. The molecular formula is C26H30N2O5. The van der Waals surface area contributed by atoms with Crippen LogP contribution in [0.25, 0.3) is 10.9 Å². The van der Waals surface area contributed by atoms with E-state index < -0.39 is 17.4 Å². The molecule has 7 heteroatoms. The Morgan fingerprint density at radius 3 is 2.45 bits per heavy atom. The van der Waals surface area contributed by atoms with Crippen LogP contribution in [0.3, 0.4) is 0 Å². The van der Waals surface area contributed by atoms with Crippen molar-refractivity contribution in [1.29, 1.82) is 0 Å². The van der Waals surface area contributed by atoms with Crippen molar-refractivity contribution in [3.05, 3.63) is 69.5 Å². The highest BCUT2D eigenvalue weighted by Gasteiger charge is 2.22. The molecule has 0 aliphatic rings. The van der Waals surface area contributed by atoms with Crippen LogP contribution in [-0.2, 0) is 13.0 Å². The molecule has 3 aromatic rings. The average molecular weight is 451 g/mol. The van der Waals surface area contributed by atoms with Gasteiger partial charge in [0.25, 0.3) is 11.5 Å². The summed E-state index contributed by atoms with van der Waals surface area (Å²) in [5.74, 6) is -2.11. The minimum absolute atomic E-state index is 0.179. The zero-order chi connectivity index (χ0) is 24.0. The molecule has 1 amide bonds. The molecule has 0 fully saturated rings. The zero-order valence-corrected chi connectivity index (χ0v) is 19.1. The van der Waals surface area contributed by atoms with Crippen LogP contribution in [0.15, 0.2) is 47.3 Å². The Labute approximate surface area is 192 Å². The third kappa shape index (κ3) is 5.25. The molecule has 1 heterocycles. The largest absolute Gasteiger partial charge is 0.506 e. The molecule has 0 saturated carbocycles. The van der Waals surface area contributed by atoms with Gasteiger partial charge in [0.2, 0.25) is 0 Å². The summed E-state index contributed by atoms with van der Waals surface area (Å²) in [5.41, 5.74) is 0.871. The number of carbonyl (C=O) groups excluding carboxylic acids is 1. The van der Waals surface area contributed by atoms with E-state index in [2.05, 4.69) is 12.2 Å². The van der Waals surface area contributed by atoms with Crippen LogP contribution in [0.2, 0.25) is 0 Å². The number of aromatic nitrogens is 1. The molecule has 7 nitrogen and oxygen atoms in total.